The van der Waals surface area contributed by atoms with E-state index in [1.165, 1.54) is 0 Å². The Bertz CT molecular complexity index is 835. The molecule has 3 aromatic rings. The van der Waals surface area contributed by atoms with Crippen LogP contribution in [-0.4, -0.2) is 27.3 Å². The number of likely N-dealkylation sites (tertiary alicyclic amines) is 1. The summed E-state index contributed by atoms with van der Waals surface area (Å²) in [6, 6.07) is 15.8. The van der Waals surface area contributed by atoms with Crippen LogP contribution < -0.4 is 0 Å². The molecule has 1 fully saturated rings. The summed E-state index contributed by atoms with van der Waals surface area (Å²) in [7, 11) is 0. The Balaban J connectivity index is 1.67. The molecule has 4 rings (SSSR count). The minimum absolute atomic E-state index is 0.0374. The number of nitrogens with one attached hydrogen (secondary N) is 1. The number of aromatic nitrogens is 2. The van der Waals surface area contributed by atoms with Crippen LogP contribution in [0.1, 0.15) is 40.6 Å². The molecule has 1 atom stereocenters. The Morgan fingerprint density at radius 3 is 2.91 bits per heavy atom. The summed E-state index contributed by atoms with van der Waals surface area (Å²) >= 11 is 0. The maximum atomic E-state index is 12.9. The summed E-state index contributed by atoms with van der Waals surface area (Å²) < 4.78 is 0. The van der Waals surface area contributed by atoms with Crippen molar-refractivity contribution in [2.75, 3.05) is 6.54 Å². The first kappa shape index (κ1) is 14.0. The highest BCUT2D eigenvalue weighted by molar-refractivity contribution is 5.94. The van der Waals surface area contributed by atoms with Crippen LogP contribution in [0.3, 0.4) is 0 Å². The molecule has 1 aliphatic heterocycles. The molecule has 0 saturated carbocycles. The Kier molecular flexibility index (Phi) is 3.37. The molecule has 4 heteroatoms. The number of para-hydroxylation sites is 2. The van der Waals surface area contributed by atoms with E-state index >= 15 is 0 Å². The number of imidazole rings is 1. The third-order valence-corrected chi connectivity index (χ3v) is 4.50. The molecule has 2 heterocycles. The third kappa shape index (κ3) is 2.50. The van der Waals surface area contributed by atoms with Gasteiger partial charge in [0.1, 0.15) is 5.82 Å². The fourth-order valence-corrected chi connectivity index (χ4v) is 3.37. The molecule has 2 aromatic carbocycles. The lowest BCUT2D eigenvalue weighted by molar-refractivity contribution is 0.0730. The number of aryl methyl sites for hydroxylation is 1. The van der Waals surface area contributed by atoms with E-state index in [0.29, 0.717) is 0 Å². The predicted octanol–water partition coefficient (Wildman–Crippen LogP) is 3.85. The zero-order valence-electron chi connectivity index (χ0n) is 13.1. The molecule has 23 heavy (non-hydrogen) atoms. The maximum Gasteiger partial charge on any atom is 0.254 e. The molecule has 0 radical (unpaired) electrons. The number of fused-ring (bicyclic) bond motifs is 1. The van der Waals surface area contributed by atoms with E-state index < -0.39 is 0 Å². The molecule has 0 aliphatic carbocycles. The first-order valence-electron chi connectivity index (χ1n) is 8.05. The first-order chi connectivity index (χ1) is 11.2. The van der Waals surface area contributed by atoms with Gasteiger partial charge in [0.2, 0.25) is 0 Å². The quantitative estimate of drug-likeness (QED) is 0.782. The van der Waals surface area contributed by atoms with Crippen molar-refractivity contribution in [3.05, 3.63) is 65.5 Å². The summed E-state index contributed by atoms with van der Waals surface area (Å²) in [5, 5.41) is 0. The van der Waals surface area contributed by atoms with Crippen molar-refractivity contribution >= 4 is 16.9 Å². The molecule has 1 aliphatic rings. The second-order valence-corrected chi connectivity index (χ2v) is 6.17. The van der Waals surface area contributed by atoms with Gasteiger partial charge in [-0.2, -0.15) is 0 Å². The molecule has 4 nitrogen and oxygen atoms in total. The van der Waals surface area contributed by atoms with Crippen LogP contribution in [0, 0.1) is 6.92 Å². The lowest BCUT2D eigenvalue weighted by atomic mass is 10.1. The number of benzene rings is 2. The second kappa shape index (κ2) is 5.54. The Morgan fingerprint density at radius 1 is 1.22 bits per heavy atom. The largest absolute Gasteiger partial charge is 0.340 e. The maximum absolute atomic E-state index is 12.9. The van der Waals surface area contributed by atoms with Crippen molar-refractivity contribution in [2.45, 2.75) is 25.8 Å². The minimum atomic E-state index is 0.0374. The Hall–Kier alpha value is -2.62. The number of nitrogens with zero attached hydrogens (tertiary/aromatic N) is 2. The zero-order valence-corrected chi connectivity index (χ0v) is 13.1. The third-order valence-electron chi connectivity index (χ3n) is 4.50. The fourth-order valence-electron chi connectivity index (χ4n) is 3.37. The smallest absolute Gasteiger partial charge is 0.254 e. The van der Waals surface area contributed by atoms with E-state index in [1.807, 2.05) is 60.4 Å². The van der Waals surface area contributed by atoms with Gasteiger partial charge >= 0.3 is 0 Å². The van der Waals surface area contributed by atoms with Crippen molar-refractivity contribution in [1.29, 1.82) is 0 Å². The normalized spacial score (nSPS) is 17.8. The average Bonchev–Trinajstić information content (AvgIpc) is 3.20. The van der Waals surface area contributed by atoms with E-state index in [0.717, 1.165) is 47.4 Å². The Morgan fingerprint density at radius 2 is 2.09 bits per heavy atom. The van der Waals surface area contributed by atoms with Gasteiger partial charge in [0, 0.05) is 12.1 Å². The topological polar surface area (TPSA) is 49.0 Å². The zero-order chi connectivity index (χ0) is 15.8. The number of hydrogen-bond acceptors (Lipinski definition) is 2. The highest BCUT2D eigenvalue weighted by Gasteiger charge is 2.32. The molecule has 1 N–H and O–H groups in total. The molecule has 1 amide bonds. The molecule has 116 valence electrons. The molecule has 0 spiro atoms. The lowest BCUT2D eigenvalue weighted by Gasteiger charge is -2.23. The Labute approximate surface area is 135 Å². The molecular formula is C19H19N3O. The highest BCUT2D eigenvalue weighted by Crippen LogP contribution is 2.32. The molecule has 1 saturated heterocycles. The summed E-state index contributed by atoms with van der Waals surface area (Å²) in [4.78, 5) is 22.9. The van der Waals surface area contributed by atoms with Gasteiger partial charge in [0.05, 0.1) is 17.1 Å². The molecular weight excluding hydrogens is 286 g/mol. The number of H-pyrrole nitrogens is 1. The van der Waals surface area contributed by atoms with Crippen molar-refractivity contribution in [1.82, 2.24) is 14.9 Å². The van der Waals surface area contributed by atoms with Gasteiger partial charge in [-0.15, -0.1) is 0 Å². The predicted molar refractivity (Wildman–Crippen MR) is 90.3 cm³/mol. The van der Waals surface area contributed by atoms with Crippen LogP contribution >= 0.6 is 0 Å². The number of carbonyl (C=O) groups excluding carboxylic acids is 1. The van der Waals surface area contributed by atoms with Gasteiger partial charge in [-0.05, 0) is 44.0 Å². The van der Waals surface area contributed by atoms with Crippen LogP contribution in [0.4, 0.5) is 0 Å². The second-order valence-electron chi connectivity index (χ2n) is 6.17. The summed E-state index contributed by atoms with van der Waals surface area (Å²) in [5.74, 6) is 0.987. The number of rotatable bonds is 2. The van der Waals surface area contributed by atoms with Crippen molar-refractivity contribution in [2.24, 2.45) is 0 Å². The SMILES string of the molecule is Cc1cccc(C(=O)N2CCC[C@H]2c2nc3ccccc3[nH]2)c1. The van der Waals surface area contributed by atoms with Crippen LogP contribution in [0.15, 0.2) is 48.5 Å². The fraction of sp³-hybridized carbons (Fsp3) is 0.263. The highest BCUT2D eigenvalue weighted by atomic mass is 16.2. The molecule has 1 aromatic heterocycles. The van der Waals surface area contributed by atoms with Crippen LogP contribution in [-0.2, 0) is 0 Å². The van der Waals surface area contributed by atoms with Gasteiger partial charge in [0.25, 0.3) is 5.91 Å². The van der Waals surface area contributed by atoms with Crippen LogP contribution in [0.5, 0.6) is 0 Å². The van der Waals surface area contributed by atoms with E-state index in [1.54, 1.807) is 0 Å². The minimum Gasteiger partial charge on any atom is -0.340 e. The van der Waals surface area contributed by atoms with Crippen molar-refractivity contribution < 1.29 is 4.79 Å². The van der Waals surface area contributed by atoms with Gasteiger partial charge in [0.15, 0.2) is 0 Å². The standard InChI is InChI=1S/C19H19N3O/c1-13-6-4-7-14(12-13)19(23)22-11-5-10-17(22)18-20-15-8-2-3-9-16(15)21-18/h2-4,6-9,12,17H,5,10-11H2,1H3,(H,20,21)/t17-/m0/s1. The van der Waals surface area contributed by atoms with Crippen molar-refractivity contribution in [3.63, 3.8) is 0 Å². The van der Waals surface area contributed by atoms with E-state index in [9.17, 15) is 4.79 Å². The summed E-state index contributed by atoms with van der Waals surface area (Å²) in [6.45, 7) is 2.80. The number of aromatic amines is 1. The van der Waals surface area contributed by atoms with Gasteiger partial charge in [-0.25, -0.2) is 4.98 Å². The van der Waals surface area contributed by atoms with E-state index in [4.69, 9.17) is 0 Å². The van der Waals surface area contributed by atoms with Gasteiger partial charge in [-0.1, -0.05) is 29.8 Å². The van der Waals surface area contributed by atoms with Crippen LogP contribution in [0.2, 0.25) is 0 Å². The lowest BCUT2D eigenvalue weighted by Crippen LogP contribution is -2.31. The number of hydrogen-bond donors (Lipinski definition) is 1. The van der Waals surface area contributed by atoms with Crippen molar-refractivity contribution in [3.8, 4) is 0 Å². The monoisotopic (exact) mass is 305 g/mol. The molecule has 0 bridgehead atoms. The number of amides is 1. The average molecular weight is 305 g/mol. The van der Waals surface area contributed by atoms with E-state index in [-0.39, 0.29) is 11.9 Å². The van der Waals surface area contributed by atoms with Gasteiger partial charge < -0.3 is 9.88 Å². The molecule has 0 unspecified atom stereocenters. The van der Waals surface area contributed by atoms with Crippen LogP contribution in [0.25, 0.3) is 11.0 Å². The number of carbonyl (C=O) groups is 1. The van der Waals surface area contributed by atoms with Gasteiger partial charge in [-0.3, -0.25) is 4.79 Å². The first-order valence-corrected chi connectivity index (χ1v) is 8.05. The van der Waals surface area contributed by atoms with E-state index in [2.05, 4.69) is 9.97 Å². The summed E-state index contributed by atoms with van der Waals surface area (Å²) in [5.41, 5.74) is 3.85. The summed E-state index contributed by atoms with van der Waals surface area (Å²) in [6.07, 6.45) is 1.97.